The highest BCUT2D eigenvalue weighted by molar-refractivity contribution is 7.10. The van der Waals surface area contributed by atoms with Gasteiger partial charge in [-0.25, -0.2) is 4.79 Å². The Kier molecular flexibility index (Phi) is 9.14. The van der Waals surface area contributed by atoms with E-state index >= 15 is 0 Å². The smallest absolute Gasteiger partial charge is 0.318 e. The van der Waals surface area contributed by atoms with Gasteiger partial charge in [0.1, 0.15) is 18.9 Å². The number of hydrogen-bond donors (Lipinski definition) is 1. The number of ether oxygens (including phenoxy) is 2. The summed E-state index contributed by atoms with van der Waals surface area (Å²) in [6, 6.07) is 9.61. The Morgan fingerprint density at radius 1 is 1.24 bits per heavy atom. The van der Waals surface area contributed by atoms with E-state index < -0.39 is 0 Å². The average molecular weight is 474 g/mol. The molecule has 7 nitrogen and oxygen atoms in total. The fraction of sp³-hybridized carbons (Fsp3) is 0.520. The number of aryl methyl sites for hydroxylation is 1. The molecule has 1 atom stereocenters. The van der Waals surface area contributed by atoms with E-state index in [4.69, 9.17) is 9.47 Å². The molecule has 0 saturated heterocycles. The lowest BCUT2D eigenvalue weighted by Gasteiger charge is -2.37. The lowest BCUT2D eigenvalue weighted by molar-refractivity contribution is -0.135. The van der Waals surface area contributed by atoms with Gasteiger partial charge in [-0.2, -0.15) is 0 Å². The van der Waals surface area contributed by atoms with Crippen molar-refractivity contribution in [2.45, 2.75) is 45.7 Å². The molecule has 1 aromatic carbocycles. The second kappa shape index (κ2) is 12.0. The third-order valence-electron chi connectivity index (χ3n) is 5.65. The van der Waals surface area contributed by atoms with Crippen molar-refractivity contribution in [2.75, 3.05) is 40.0 Å². The summed E-state index contributed by atoms with van der Waals surface area (Å²) in [4.78, 5) is 30.9. The first-order valence-electron chi connectivity index (χ1n) is 11.5. The van der Waals surface area contributed by atoms with E-state index in [0.717, 1.165) is 17.7 Å². The predicted molar refractivity (Wildman–Crippen MR) is 131 cm³/mol. The molecule has 0 radical (unpaired) electrons. The number of amides is 3. The van der Waals surface area contributed by atoms with Crippen LogP contribution in [0.1, 0.15) is 42.3 Å². The van der Waals surface area contributed by atoms with Gasteiger partial charge in [-0.1, -0.05) is 17.7 Å². The van der Waals surface area contributed by atoms with Gasteiger partial charge in [0.2, 0.25) is 5.91 Å². The molecule has 3 amide bonds. The number of nitrogens with one attached hydrogen (secondary N) is 1. The van der Waals surface area contributed by atoms with Gasteiger partial charge in [0.15, 0.2) is 0 Å². The van der Waals surface area contributed by atoms with Crippen LogP contribution in [0.4, 0.5) is 4.79 Å². The average Bonchev–Trinajstić information content (AvgIpc) is 3.26. The molecule has 1 aromatic heterocycles. The van der Waals surface area contributed by atoms with Crippen LogP contribution in [0.25, 0.3) is 0 Å². The summed E-state index contributed by atoms with van der Waals surface area (Å²) in [5.41, 5.74) is 2.31. The first-order valence-corrected chi connectivity index (χ1v) is 12.4. The zero-order chi connectivity index (χ0) is 23.8. The van der Waals surface area contributed by atoms with Crippen LogP contribution in [0, 0.1) is 6.92 Å². The monoisotopic (exact) mass is 473 g/mol. The Bertz CT molecular complexity index is 913. The molecular formula is C25H35N3O4S. The number of urea groups is 1. The predicted octanol–water partition coefficient (Wildman–Crippen LogP) is 4.02. The van der Waals surface area contributed by atoms with Crippen LogP contribution in [0.2, 0.25) is 0 Å². The summed E-state index contributed by atoms with van der Waals surface area (Å²) in [7, 11) is 1.63. The van der Waals surface area contributed by atoms with E-state index in [9.17, 15) is 9.59 Å². The summed E-state index contributed by atoms with van der Waals surface area (Å²) in [5.74, 6) is 0.716. The van der Waals surface area contributed by atoms with Crippen molar-refractivity contribution in [1.82, 2.24) is 15.1 Å². The van der Waals surface area contributed by atoms with Crippen molar-refractivity contribution in [2.24, 2.45) is 0 Å². The molecule has 0 aliphatic carbocycles. The summed E-state index contributed by atoms with van der Waals surface area (Å²) in [6.07, 6.45) is 1.49. The third kappa shape index (κ3) is 6.95. The highest BCUT2D eigenvalue weighted by Crippen LogP contribution is 2.34. The molecule has 2 heterocycles. The Morgan fingerprint density at radius 3 is 2.70 bits per heavy atom. The molecule has 0 unspecified atom stereocenters. The first-order chi connectivity index (χ1) is 15.9. The number of nitrogens with zero attached hydrogens (tertiary/aromatic N) is 2. The molecule has 2 aromatic rings. The Labute approximate surface area is 200 Å². The van der Waals surface area contributed by atoms with Crippen molar-refractivity contribution < 1.29 is 19.1 Å². The molecule has 0 fully saturated rings. The first kappa shape index (κ1) is 25.1. The number of rotatable bonds is 10. The van der Waals surface area contributed by atoms with E-state index in [-0.39, 0.29) is 30.6 Å². The van der Waals surface area contributed by atoms with Crippen molar-refractivity contribution in [1.29, 1.82) is 0 Å². The van der Waals surface area contributed by atoms with Crippen molar-refractivity contribution in [3.63, 3.8) is 0 Å². The topological polar surface area (TPSA) is 71.1 Å². The molecule has 0 bridgehead atoms. The van der Waals surface area contributed by atoms with Crippen molar-refractivity contribution in [3.05, 3.63) is 51.7 Å². The molecule has 1 aliphatic heterocycles. The van der Waals surface area contributed by atoms with Crippen LogP contribution >= 0.6 is 11.3 Å². The third-order valence-corrected chi connectivity index (χ3v) is 6.64. The number of thiophene rings is 1. The lowest BCUT2D eigenvalue weighted by atomic mass is 10.0. The quantitative estimate of drug-likeness (QED) is 0.529. The summed E-state index contributed by atoms with van der Waals surface area (Å²) < 4.78 is 11.2. The Morgan fingerprint density at radius 2 is 2.00 bits per heavy atom. The molecular weight excluding hydrogens is 438 g/mol. The number of methoxy groups -OCH3 is 1. The largest absolute Gasteiger partial charge is 0.491 e. The van der Waals surface area contributed by atoms with Gasteiger partial charge in [0.25, 0.3) is 0 Å². The molecule has 8 heteroatoms. The molecule has 1 aliphatic rings. The van der Waals surface area contributed by atoms with Gasteiger partial charge in [0.05, 0.1) is 6.04 Å². The van der Waals surface area contributed by atoms with Crippen LogP contribution in [0.15, 0.2) is 35.7 Å². The molecule has 33 heavy (non-hydrogen) atoms. The number of carbonyl (C=O) groups excluding carboxylic acids is 2. The lowest BCUT2D eigenvalue weighted by Crippen LogP contribution is -2.51. The highest BCUT2D eigenvalue weighted by atomic mass is 32.1. The number of carbonyl (C=O) groups is 2. The second-order valence-electron chi connectivity index (χ2n) is 8.65. The van der Waals surface area contributed by atoms with Gasteiger partial charge in [-0.3, -0.25) is 4.79 Å². The fourth-order valence-electron chi connectivity index (χ4n) is 3.93. The normalized spacial score (nSPS) is 15.3. The maximum atomic E-state index is 13.5. The minimum absolute atomic E-state index is 0.00321. The maximum absolute atomic E-state index is 13.5. The van der Waals surface area contributed by atoms with E-state index in [1.54, 1.807) is 23.3 Å². The van der Waals surface area contributed by atoms with E-state index in [1.165, 1.54) is 10.4 Å². The Hall–Kier alpha value is -2.58. The summed E-state index contributed by atoms with van der Waals surface area (Å²) in [6.45, 7) is 7.88. The van der Waals surface area contributed by atoms with E-state index in [0.29, 0.717) is 32.7 Å². The van der Waals surface area contributed by atoms with Gasteiger partial charge in [-0.05, 0) is 62.8 Å². The molecule has 3 rings (SSSR count). The van der Waals surface area contributed by atoms with E-state index in [1.807, 2.05) is 49.9 Å². The molecule has 1 N–H and O–H groups in total. The van der Waals surface area contributed by atoms with Crippen molar-refractivity contribution in [3.8, 4) is 5.75 Å². The highest BCUT2D eigenvalue weighted by Gasteiger charge is 2.33. The van der Waals surface area contributed by atoms with Gasteiger partial charge < -0.3 is 24.6 Å². The number of benzene rings is 1. The van der Waals surface area contributed by atoms with E-state index in [2.05, 4.69) is 16.8 Å². The van der Waals surface area contributed by atoms with Crippen LogP contribution < -0.4 is 10.1 Å². The van der Waals surface area contributed by atoms with Crippen molar-refractivity contribution >= 4 is 23.3 Å². The maximum Gasteiger partial charge on any atom is 0.318 e. The van der Waals surface area contributed by atoms with Gasteiger partial charge in [0, 0.05) is 37.7 Å². The van der Waals surface area contributed by atoms with Crippen LogP contribution in [0.3, 0.4) is 0 Å². The zero-order valence-corrected chi connectivity index (χ0v) is 20.8. The Balaban J connectivity index is 1.73. The molecule has 180 valence electrons. The zero-order valence-electron chi connectivity index (χ0n) is 20.0. The minimum Gasteiger partial charge on any atom is -0.491 e. The number of fused-ring (bicyclic) bond motifs is 1. The van der Waals surface area contributed by atoms with Crippen LogP contribution in [0.5, 0.6) is 5.75 Å². The van der Waals surface area contributed by atoms with Gasteiger partial charge >= 0.3 is 6.03 Å². The fourth-order valence-corrected chi connectivity index (χ4v) is 4.86. The minimum atomic E-state index is -0.227. The summed E-state index contributed by atoms with van der Waals surface area (Å²) >= 11 is 1.72. The SMILES string of the molecule is COCCCN(CC(=O)N1CCc2sccc2[C@H]1COc1ccc(C)cc1)C(=O)NC(C)C. The van der Waals surface area contributed by atoms with Gasteiger partial charge in [-0.15, -0.1) is 11.3 Å². The second-order valence-corrected chi connectivity index (χ2v) is 9.65. The molecule has 0 spiro atoms. The molecule has 0 saturated carbocycles. The van der Waals surface area contributed by atoms with Crippen LogP contribution in [-0.4, -0.2) is 67.7 Å². The summed E-state index contributed by atoms with van der Waals surface area (Å²) in [5, 5.41) is 4.98. The standard InChI is InChI=1S/C25H35N3O4S/c1-18(2)26-25(30)27(12-5-14-31-4)16-24(29)28-13-10-23-21(11-15-33-23)22(28)17-32-20-8-6-19(3)7-9-20/h6-9,11,15,18,22H,5,10,12-14,16-17H2,1-4H3,(H,26,30)/t22-/m1/s1. The number of hydrogen-bond acceptors (Lipinski definition) is 5. The van der Waals surface area contributed by atoms with Crippen LogP contribution in [-0.2, 0) is 16.0 Å².